The summed E-state index contributed by atoms with van der Waals surface area (Å²) in [5.41, 5.74) is 1.04. The second kappa shape index (κ2) is 2.15. The quantitative estimate of drug-likeness (QED) is 0.414. The minimum absolute atomic E-state index is 0.122. The van der Waals surface area contributed by atoms with Gasteiger partial charge in [0.25, 0.3) is 0 Å². The Hall–Kier alpha value is -0.690. The molecule has 0 aromatic heterocycles. The monoisotopic (exact) mass is 140 g/mol. The molecule has 1 aliphatic rings. The van der Waals surface area contributed by atoms with Gasteiger partial charge in [-0.25, -0.2) is 0 Å². The lowest BCUT2D eigenvalue weighted by molar-refractivity contribution is 0.391. The Morgan fingerprint density at radius 2 is 1.73 bits per heavy atom. The fourth-order valence-electron chi connectivity index (χ4n) is 1.13. The van der Waals surface area contributed by atoms with Crippen LogP contribution in [0.25, 0.3) is 0 Å². The molecule has 50 valence electrons. The van der Waals surface area contributed by atoms with E-state index in [-0.39, 0.29) is 6.10 Å². The number of hydrogen-bond acceptors (Lipinski definition) is 1. The van der Waals surface area contributed by atoms with E-state index in [1.807, 2.05) is 30.3 Å². The van der Waals surface area contributed by atoms with E-state index in [2.05, 4.69) is 0 Å². The molecule has 11 heavy (non-hydrogen) atoms. The van der Waals surface area contributed by atoms with E-state index in [0.29, 0.717) is 0 Å². The average molecular weight is 140 g/mol. The van der Waals surface area contributed by atoms with Crippen molar-refractivity contribution in [2.75, 3.05) is 0 Å². The number of benzene rings is 1. The molecule has 0 bridgehead atoms. The van der Waals surface area contributed by atoms with Crippen molar-refractivity contribution in [2.45, 2.75) is 11.5 Å². The third-order valence-electron chi connectivity index (χ3n) is 1.78. The summed E-state index contributed by atoms with van der Waals surface area (Å²) >= 11 is 0. The van der Waals surface area contributed by atoms with Crippen molar-refractivity contribution in [3.05, 3.63) is 35.9 Å². The van der Waals surface area contributed by atoms with Crippen LogP contribution in [0, 0.1) is 0 Å². The van der Waals surface area contributed by atoms with Gasteiger partial charge in [-0.2, -0.15) is 0 Å². The minimum Gasteiger partial charge on any atom is -0.382 e. The first-order valence-corrected chi connectivity index (χ1v) is 3.51. The third-order valence-corrected chi connectivity index (χ3v) is 1.78. The standard InChI is InChI=1S/C8H6B2O/c9-8(10)7(11-8)6-4-2-1-3-5-6/h1-5,7H. The van der Waals surface area contributed by atoms with Crippen LogP contribution in [-0.4, -0.2) is 21.1 Å². The van der Waals surface area contributed by atoms with Gasteiger partial charge in [0.05, 0.1) is 6.10 Å². The van der Waals surface area contributed by atoms with Gasteiger partial charge in [0.2, 0.25) is 0 Å². The Kier molecular flexibility index (Phi) is 1.36. The van der Waals surface area contributed by atoms with Crippen LogP contribution in [0.1, 0.15) is 11.7 Å². The molecule has 1 nitrogen and oxygen atoms in total. The van der Waals surface area contributed by atoms with E-state index in [0.717, 1.165) is 5.56 Å². The van der Waals surface area contributed by atoms with E-state index >= 15 is 0 Å². The zero-order valence-corrected chi connectivity index (χ0v) is 6.03. The summed E-state index contributed by atoms with van der Waals surface area (Å²) in [5, 5.41) is -0.929. The Morgan fingerprint density at radius 3 is 2.18 bits per heavy atom. The topological polar surface area (TPSA) is 12.5 Å². The lowest BCUT2D eigenvalue weighted by atomic mass is 9.67. The van der Waals surface area contributed by atoms with Gasteiger partial charge in [0.1, 0.15) is 15.7 Å². The SMILES string of the molecule is [B]C1([B])OC1c1ccccc1. The van der Waals surface area contributed by atoms with Crippen molar-refractivity contribution in [2.24, 2.45) is 0 Å². The lowest BCUT2D eigenvalue weighted by Gasteiger charge is -1.96. The largest absolute Gasteiger partial charge is 0.382 e. The maximum atomic E-state index is 5.50. The van der Waals surface area contributed by atoms with E-state index in [4.69, 9.17) is 20.4 Å². The van der Waals surface area contributed by atoms with Gasteiger partial charge in [0.15, 0.2) is 0 Å². The molecule has 1 saturated heterocycles. The summed E-state index contributed by atoms with van der Waals surface area (Å²) in [7, 11) is 11.0. The summed E-state index contributed by atoms with van der Waals surface area (Å²) in [6.45, 7) is 0. The maximum Gasteiger partial charge on any atom is 0.103 e. The molecule has 0 spiro atoms. The second-order valence-corrected chi connectivity index (χ2v) is 2.76. The molecule has 1 heterocycles. The Labute approximate surface area is 68.6 Å². The molecule has 1 aliphatic heterocycles. The average Bonchev–Trinajstić information content (AvgIpc) is 2.62. The highest BCUT2D eigenvalue weighted by Gasteiger charge is 2.46. The van der Waals surface area contributed by atoms with Gasteiger partial charge in [-0.05, 0) is 5.56 Å². The first-order chi connectivity index (χ1) is 5.20. The zero-order valence-electron chi connectivity index (χ0n) is 6.03. The van der Waals surface area contributed by atoms with Crippen molar-refractivity contribution < 1.29 is 4.74 Å². The molecule has 1 aromatic rings. The highest BCUT2D eigenvalue weighted by atomic mass is 16.6. The first kappa shape index (κ1) is 6.99. The summed E-state index contributed by atoms with van der Waals surface area (Å²) in [4.78, 5) is 0. The van der Waals surface area contributed by atoms with Crippen LogP contribution < -0.4 is 0 Å². The number of ether oxygens (including phenoxy) is 1. The maximum absolute atomic E-state index is 5.50. The minimum atomic E-state index is -0.929. The van der Waals surface area contributed by atoms with Crippen LogP contribution in [0.3, 0.4) is 0 Å². The highest BCUT2D eigenvalue weighted by Crippen LogP contribution is 2.44. The first-order valence-electron chi connectivity index (χ1n) is 3.51. The van der Waals surface area contributed by atoms with Gasteiger partial charge < -0.3 is 4.74 Å². The normalized spacial score (nSPS) is 26.4. The summed E-state index contributed by atoms with van der Waals surface area (Å²) < 4.78 is 5.05. The Bertz CT molecular complexity index is 258. The van der Waals surface area contributed by atoms with E-state index in [1.54, 1.807) is 0 Å². The molecule has 4 radical (unpaired) electrons. The lowest BCUT2D eigenvalue weighted by Crippen LogP contribution is -2.10. The molecular formula is C8H6B2O. The molecule has 3 heteroatoms. The van der Waals surface area contributed by atoms with Crippen molar-refractivity contribution in [3.63, 3.8) is 0 Å². The van der Waals surface area contributed by atoms with E-state index in [9.17, 15) is 0 Å². The summed E-state index contributed by atoms with van der Waals surface area (Å²) in [6, 6.07) is 9.72. The molecule has 1 aromatic carbocycles. The van der Waals surface area contributed by atoms with Crippen LogP contribution in [-0.2, 0) is 4.74 Å². The number of rotatable bonds is 1. The Balaban J connectivity index is 2.21. The van der Waals surface area contributed by atoms with Crippen LogP contribution in [0.5, 0.6) is 0 Å². The number of epoxide rings is 1. The van der Waals surface area contributed by atoms with Crippen molar-refractivity contribution >= 4 is 15.7 Å². The molecule has 0 saturated carbocycles. The van der Waals surface area contributed by atoms with Gasteiger partial charge in [-0.1, -0.05) is 30.3 Å². The second-order valence-electron chi connectivity index (χ2n) is 2.76. The van der Waals surface area contributed by atoms with E-state index < -0.39 is 5.40 Å². The van der Waals surface area contributed by atoms with Crippen molar-refractivity contribution in [1.82, 2.24) is 0 Å². The van der Waals surface area contributed by atoms with Gasteiger partial charge >= 0.3 is 0 Å². The molecular weight excluding hydrogens is 134 g/mol. The molecule has 1 fully saturated rings. The molecule has 0 aliphatic carbocycles. The van der Waals surface area contributed by atoms with Crippen molar-refractivity contribution in [1.29, 1.82) is 0 Å². The predicted molar refractivity (Wildman–Crippen MR) is 44.5 cm³/mol. The van der Waals surface area contributed by atoms with Gasteiger partial charge in [-0.15, -0.1) is 0 Å². The highest BCUT2D eigenvalue weighted by molar-refractivity contribution is 6.41. The van der Waals surface area contributed by atoms with E-state index in [1.165, 1.54) is 0 Å². The molecule has 1 unspecified atom stereocenters. The van der Waals surface area contributed by atoms with Crippen LogP contribution in [0.4, 0.5) is 0 Å². The number of hydrogen-bond donors (Lipinski definition) is 0. The van der Waals surface area contributed by atoms with Crippen LogP contribution in [0.15, 0.2) is 30.3 Å². The van der Waals surface area contributed by atoms with Crippen molar-refractivity contribution in [3.8, 4) is 0 Å². The summed E-state index contributed by atoms with van der Waals surface area (Å²) in [5.74, 6) is 0. The fourth-order valence-corrected chi connectivity index (χ4v) is 1.13. The van der Waals surface area contributed by atoms with Crippen LogP contribution >= 0.6 is 0 Å². The molecule has 2 rings (SSSR count). The third kappa shape index (κ3) is 1.21. The fraction of sp³-hybridized carbons (Fsp3) is 0.250. The molecule has 0 N–H and O–H groups in total. The smallest absolute Gasteiger partial charge is 0.103 e. The Morgan fingerprint density at radius 1 is 1.18 bits per heavy atom. The predicted octanol–water partition coefficient (Wildman–Crippen LogP) is 0.749. The van der Waals surface area contributed by atoms with Crippen LogP contribution in [0.2, 0.25) is 0 Å². The molecule has 1 atom stereocenters. The zero-order chi connectivity index (χ0) is 7.90. The molecule has 0 amide bonds. The summed E-state index contributed by atoms with van der Waals surface area (Å²) in [6.07, 6.45) is -0.122. The van der Waals surface area contributed by atoms with Gasteiger partial charge in [-0.3, -0.25) is 0 Å². The van der Waals surface area contributed by atoms with Gasteiger partial charge in [0, 0.05) is 5.40 Å².